The highest BCUT2D eigenvalue weighted by atomic mass is 16.5. The van der Waals surface area contributed by atoms with E-state index in [4.69, 9.17) is 4.74 Å². The first kappa shape index (κ1) is 18.3. The minimum Gasteiger partial charge on any atom is -0.445 e. The molecule has 1 heterocycles. The third-order valence-electron chi connectivity index (χ3n) is 5.65. The zero-order chi connectivity index (χ0) is 19.7. The van der Waals surface area contributed by atoms with Gasteiger partial charge in [0.25, 0.3) is 0 Å². The molecule has 0 spiro atoms. The molecular formula is C23H24N2O3. The number of carbonyl (C=O) groups is 1. The van der Waals surface area contributed by atoms with Gasteiger partial charge in [-0.05, 0) is 43.9 Å². The van der Waals surface area contributed by atoms with Crippen LogP contribution in [0.2, 0.25) is 0 Å². The number of H-pyrrole nitrogens is 1. The van der Waals surface area contributed by atoms with Gasteiger partial charge in [-0.2, -0.15) is 0 Å². The van der Waals surface area contributed by atoms with E-state index in [0.29, 0.717) is 6.42 Å². The van der Waals surface area contributed by atoms with Crippen LogP contribution >= 0.6 is 0 Å². The fourth-order valence-corrected chi connectivity index (χ4v) is 4.62. The van der Waals surface area contributed by atoms with Crippen LogP contribution in [0.5, 0.6) is 0 Å². The van der Waals surface area contributed by atoms with Gasteiger partial charge in [0.15, 0.2) is 0 Å². The summed E-state index contributed by atoms with van der Waals surface area (Å²) in [4.78, 5) is 27.6. The molecular weight excluding hydrogens is 352 g/mol. The number of pyridine rings is 1. The summed E-state index contributed by atoms with van der Waals surface area (Å²) in [5, 5.41) is 3.15. The van der Waals surface area contributed by atoms with Crippen molar-refractivity contribution >= 4 is 6.09 Å². The molecule has 4 rings (SSSR count). The molecule has 144 valence electrons. The van der Waals surface area contributed by atoms with Gasteiger partial charge < -0.3 is 15.0 Å². The molecule has 1 amide bonds. The lowest BCUT2D eigenvalue weighted by molar-refractivity contribution is 0.126. The number of alkyl carbamates (subject to hydrolysis) is 1. The maximum absolute atomic E-state index is 12.8. The Morgan fingerprint density at radius 2 is 2.07 bits per heavy atom. The minimum absolute atomic E-state index is 0.122. The van der Waals surface area contributed by atoms with Gasteiger partial charge >= 0.3 is 6.09 Å². The molecule has 1 aromatic heterocycles. The number of rotatable bonds is 3. The summed E-state index contributed by atoms with van der Waals surface area (Å²) in [6.45, 7) is 4.30. The molecule has 2 aromatic rings. The van der Waals surface area contributed by atoms with Crippen molar-refractivity contribution < 1.29 is 9.53 Å². The molecule has 1 unspecified atom stereocenters. The van der Waals surface area contributed by atoms with Crippen molar-refractivity contribution in [2.75, 3.05) is 0 Å². The molecule has 5 nitrogen and oxygen atoms in total. The van der Waals surface area contributed by atoms with Gasteiger partial charge in [-0.3, -0.25) is 4.79 Å². The molecule has 2 bridgehead atoms. The van der Waals surface area contributed by atoms with Gasteiger partial charge in [-0.1, -0.05) is 48.1 Å². The summed E-state index contributed by atoms with van der Waals surface area (Å²) in [5.74, 6) is 0.152. The maximum Gasteiger partial charge on any atom is 0.408 e. The van der Waals surface area contributed by atoms with Crippen LogP contribution in [0.3, 0.4) is 0 Å². The van der Waals surface area contributed by atoms with Crippen LogP contribution in [0, 0.1) is 5.92 Å². The van der Waals surface area contributed by atoms with E-state index in [9.17, 15) is 9.59 Å². The molecule has 0 radical (unpaired) electrons. The van der Waals surface area contributed by atoms with E-state index in [1.165, 1.54) is 11.6 Å². The Labute approximate surface area is 164 Å². The van der Waals surface area contributed by atoms with Crippen LogP contribution in [0.25, 0.3) is 0 Å². The summed E-state index contributed by atoms with van der Waals surface area (Å²) in [7, 11) is 0. The first-order valence-corrected chi connectivity index (χ1v) is 9.57. The molecule has 0 aliphatic heterocycles. The smallest absolute Gasteiger partial charge is 0.408 e. The average molecular weight is 376 g/mol. The molecule has 5 heteroatoms. The molecule has 28 heavy (non-hydrogen) atoms. The monoisotopic (exact) mass is 376 g/mol. The number of aromatic amines is 1. The summed E-state index contributed by atoms with van der Waals surface area (Å²) >= 11 is 0. The van der Waals surface area contributed by atoms with Crippen molar-refractivity contribution in [3.8, 4) is 0 Å². The summed E-state index contributed by atoms with van der Waals surface area (Å²) in [6, 6.07) is 13.0. The SMILES string of the molecule is C/C=C1\C2C=C(C)C[C@@]1(NC(=O)OCc1ccccc1)c1ccc(=O)[nH]c1C2. The first-order chi connectivity index (χ1) is 13.5. The predicted molar refractivity (Wildman–Crippen MR) is 108 cm³/mol. The Morgan fingerprint density at radius 1 is 1.29 bits per heavy atom. The van der Waals surface area contributed by atoms with E-state index >= 15 is 0 Å². The highest BCUT2D eigenvalue weighted by molar-refractivity contribution is 5.71. The van der Waals surface area contributed by atoms with E-state index in [2.05, 4.69) is 29.4 Å². The number of allylic oxidation sites excluding steroid dienone is 2. The molecule has 0 saturated carbocycles. The number of fused-ring (bicyclic) bond motifs is 4. The highest BCUT2D eigenvalue weighted by Gasteiger charge is 2.48. The Morgan fingerprint density at radius 3 is 2.82 bits per heavy atom. The van der Waals surface area contributed by atoms with Gasteiger partial charge in [0.05, 0.1) is 5.54 Å². The Hall–Kier alpha value is -3.08. The standard InChI is InChI=1S/C23H24N2O3/c1-3-18-17-11-15(2)13-23(18,19-9-10-21(26)24-20(19)12-17)25-22(27)28-14-16-7-5-4-6-8-16/h3-11,17H,12-14H2,1-2H3,(H,24,26)(H,25,27)/b18-3+/t17?,23-/m0/s1. The highest BCUT2D eigenvalue weighted by Crippen LogP contribution is 2.49. The maximum atomic E-state index is 12.8. The Balaban J connectivity index is 1.68. The van der Waals surface area contributed by atoms with Crippen LogP contribution < -0.4 is 10.9 Å². The number of ether oxygens (including phenoxy) is 1. The molecule has 2 atom stereocenters. The van der Waals surface area contributed by atoms with Crippen molar-refractivity contribution in [1.29, 1.82) is 0 Å². The Bertz CT molecular complexity index is 1020. The lowest BCUT2D eigenvalue weighted by Gasteiger charge is -2.47. The average Bonchev–Trinajstić information content (AvgIpc) is 2.66. The van der Waals surface area contributed by atoms with Gasteiger partial charge in [-0.25, -0.2) is 4.79 Å². The van der Waals surface area contributed by atoms with E-state index in [1.54, 1.807) is 0 Å². The number of hydrogen-bond acceptors (Lipinski definition) is 3. The third-order valence-corrected chi connectivity index (χ3v) is 5.65. The molecule has 2 aliphatic rings. The van der Waals surface area contributed by atoms with Crippen molar-refractivity contribution in [1.82, 2.24) is 10.3 Å². The van der Waals surface area contributed by atoms with E-state index in [1.807, 2.05) is 43.3 Å². The second kappa shape index (κ2) is 7.15. The molecule has 0 saturated heterocycles. The second-order valence-electron chi connectivity index (χ2n) is 7.55. The lowest BCUT2D eigenvalue weighted by atomic mass is 9.63. The van der Waals surface area contributed by atoms with Gasteiger partial charge in [-0.15, -0.1) is 0 Å². The van der Waals surface area contributed by atoms with Crippen molar-refractivity contribution in [2.24, 2.45) is 5.92 Å². The quantitative estimate of drug-likeness (QED) is 0.797. The number of nitrogens with one attached hydrogen (secondary N) is 2. The van der Waals surface area contributed by atoms with Crippen LogP contribution in [-0.4, -0.2) is 11.1 Å². The van der Waals surface area contributed by atoms with Crippen LogP contribution in [-0.2, 0) is 23.3 Å². The molecule has 2 aliphatic carbocycles. The summed E-state index contributed by atoms with van der Waals surface area (Å²) in [6.07, 6.45) is 5.24. The number of hydrogen-bond donors (Lipinski definition) is 2. The fourth-order valence-electron chi connectivity index (χ4n) is 4.62. The molecule has 1 aromatic carbocycles. The van der Waals surface area contributed by atoms with Crippen molar-refractivity contribution in [3.05, 3.63) is 92.9 Å². The second-order valence-corrected chi connectivity index (χ2v) is 7.55. The van der Waals surface area contributed by atoms with E-state index in [-0.39, 0.29) is 18.1 Å². The summed E-state index contributed by atoms with van der Waals surface area (Å²) < 4.78 is 5.52. The number of amides is 1. The van der Waals surface area contributed by atoms with E-state index in [0.717, 1.165) is 28.8 Å². The number of carbonyl (C=O) groups excluding carboxylic acids is 1. The topological polar surface area (TPSA) is 71.2 Å². The fraction of sp³-hybridized carbons (Fsp3) is 0.304. The van der Waals surface area contributed by atoms with Gasteiger partial charge in [0, 0.05) is 23.2 Å². The molecule has 2 N–H and O–H groups in total. The number of aromatic nitrogens is 1. The Kier molecular flexibility index (Phi) is 4.67. The van der Waals surface area contributed by atoms with Gasteiger partial charge in [0.2, 0.25) is 5.56 Å². The number of benzene rings is 1. The lowest BCUT2D eigenvalue weighted by Crippen LogP contribution is -2.53. The largest absolute Gasteiger partial charge is 0.445 e. The normalized spacial score (nSPS) is 24.3. The van der Waals surface area contributed by atoms with Crippen molar-refractivity contribution in [2.45, 2.75) is 38.8 Å². The van der Waals surface area contributed by atoms with Crippen LogP contribution in [0.4, 0.5) is 4.79 Å². The van der Waals surface area contributed by atoms with Gasteiger partial charge in [0.1, 0.15) is 6.61 Å². The third kappa shape index (κ3) is 3.17. The van der Waals surface area contributed by atoms with Crippen LogP contribution in [0.1, 0.15) is 37.1 Å². The zero-order valence-corrected chi connectivity index (χ0v) is 16.1. The zero-order valence-electron chi connectivity index (χ0n) is 16.1. The van der Waals surface area contributed by atoms with E-state index < -0.39 is 11.6 Å². The predicted octanol–water partition coefficient (Wildman–Crippen LogP) is 3.97. The van der Waals surface area contributed by atoms with Crippen molar-refractivity contribution in [3.63, 3.8) is 0 Å². The minimum atomic E-state index is -0.691. The van der Waals surface area contributed by atoms with Crippen LogP contribution in [0.15, 0.2) is 70.6 Å². The molecule has 0 fully saturated rings. The first-order valence-electron chi connectivity index (χ1n) is 9.57. The summed E-state index contributed by atoms with van der Waals surface area (Å²) in [5.41, 5.74) is 4.32.